The molecule has 25 heavy (non-hydrogen) atoms. The summed E-state index contributed by atoms with van der Waals surface area (Å²) in [6.07, 6.45) is 2.69. The normalized spacial score (nSPS) is 13.6. The number of rotatable bonds is 6. The number of hydrogen-bond acceptors (Lipinski definition) is 3. The molecule has 0 bridgehead atoms. The fourth-order valence-electron chi connectivity index (χ4n) is 3.01. The monoisotopic (exact) mass is 377 g/mol. The second kappa shape index (κ2) is 11.1. The predicted molar refractivity (Wildman–Crippen MR) is 107 cm³/mol. The van der Waals surface area contributed by atoms with Crippen molar-refractivity contribution in [1.29, 1.82) is 5.26 Å². The molecule has 0 spiro atoms. The zero-order valence-electron chi connectivity index (χ0n) is 14.3. The zero-order valence-corrected chi connectivity index (χ0v) is 15.9. The van der Waals surface area contributed by atoms with Crippen molar-refractivity contribution in [3.8, 4) is 6.07 Å². The van der Waals surface area contributed by atoms with Crippen LogP contribution in [0.4, 0.5) is 0 Å². The second-order valence-corrected chi connectivity index (χ2v) is 6.21. The van der Waals surface area contributed by atoms with Crippen LogP contribution in [0.3, 0.4) is 0 Å². The van der Waals surface area contributed by atoms with Crippen LogP contribution in [0.5, 0.6) is 0 Å². The predicted octanol–water partition coefficient (Wildman–Crippen LogP) is 4.29. The molecule has 0 aromatic heterocycles. The van der Waals surface area contributed by atoms with Gasteiger partial charge < -0.3 is 5.32 Å². The van der Waals surface area contributed by atoms with Crippen LogP contribution in [0.25, 0.3) is 0 Å². The molecule has 0 atom stereocenters. The molecule has 0 saturated carbocycles. The summed E-state index contributed by atoms with van der Waals surface area (Å²) in [5.41, 5.74) is 4.63. The van der Waals surface area contributed by atoms with Crippen LogP contribution in [0.1, 0.15) is 35.1 Å². The minimum atomic E-state index is 0. The van der Waals surface area contributed by atoms with Crippen molar-refractivity contribution in [2.75, 3.05) is 13.1 Å². The van der Waals surface area contributed by atoms with E-state index in [1.54, 1.807) is 0 Å². The number of nitriles is 1. The van der Waals surface area contributed by atoms with Gasteiger partial charge >= 0.3 is 0 Å². The highest BCUT2D eigenvalue weighted by atomic mass is 35.5. The number of nitrogens with zero attached hydrogens (tertiary/aromatic N) is 2. The number of nitrogens with one attached hydrogen (secondary N) is 1. The molecule has 3 nitrogen and oxygen atoms in total. The summed E-state index contributed by atoms with van der Waals surface area (Å²) in [5.74, 6) is 0. The average molecular weight is 378 g/mol. The van der Waals surface area contributed by atoms with Crippen LogP contribution >= 0.6 is 24.8 Å². The molecule has 1 aliphatic rings. The van der Waals surface area contributed by atoms with Crippen molar-refractivity contribution in [3.63, 3.8) is 0 Å². The molecule has 1 saturated heterocycles. The Morgan fingerprint density at radius 3 is 1.80 bits per heavy atom. The van der Waals surface area contributed by atoms with E-state index in [2.05, 4.69) is 40.6 Å². The van der Waals surface area contributed by atoms with Gasteiger partial charge in [-0.15, -0.1) is 24.8 Å². The van der Waals surface area contributed by atoms with E-state index in [-0.39, 0.29) is 24.8 Å². The van der Waals surface area contributed by atoms with Crippen molar-refractivity contribution in [1.82, 2.24) is 10.2 Å². The first-order chi connectivity index (χ1) is 11.3. The SMILES string of the molecule is Cl.Cl.N#Cc1ccc(CNCc2ccc(CN3CCCC3)cc2)cc1. The molecule has 2 aromatic carbocycles. The number of benzene rings is 2. The Kier molecular flexibility index (Phi) is 9.55. The summed E-state index contributed by atoms with van der Waals surface area (Å²) in [5, 5.41) is 12.3. The maximum atomic E-state index is 8.80. The molecular formula is C20H25Cl2N3. The minimum absolute atomic E-state index is 0. The third-order valence-electron chi connectivity index (χ3n) is 4.37. The van der Waals surface area contributed by atoms with Gasteiger partial charge in [0.05, 0.1) is 11.6 Å². The Hall–Kier alpha value is -1.57. The zero-order chi connectivity index (χ0) is 15.9. The maximum absolute atomic E-state index is 8.80. The molecule has 134 valence electrons. The highest BCUT2D eigenvalue weighted by Crippen LogP contribution is 2.13. The molecule has 1 fully saturated rings. The van der Waals surface area contributed by atoms with Crippen LogP contribution in [0.15, 0.2) is 48.5 Å². The van der Waals surface area contributed by atoms with Gasteiger partial charge in [0.2, 0.25) is 0 Å². The molecule has 0 unspecified atom stereocenters. The third kappa shape index (κ3) is 6.68. The van der Waals surface area contributed by atoms with Crippen molar-refractivity contribution >= 4 is 24.8 Å². The van der Waals surface area contributed by atoms with Crippen molar-refractivity contribution in [2.45, 2.75) is 32.5 Å². The van der Waals surface area contributed by atoms with E-state index in [0.29, 0.717) is 5.56 Å². The Balaban J connectivity index is 0.00000156. The fraction of sp³-hybridized carbons (Fsp3) is 0.350. The van der Waals surface area contributed by atoms with E-state index in [4.69, 9.17) is 5.26 Å². The smallest absolute Gasteiger partial charge is 0.0991 e. The molecule has 1 heterocycles. The molecule has 0 aliphatic carbocycles. The highest BCUT2D eigenvalue weighted by molar-refractivity contribution is 5.85. The summed E-state index contributed by atoms with van der Waals surface area (Å²) in [6, 6.07) is 18.8. The summed E-state index contributed by atoms with van der Waals surface area (Å²) in [6.45, 7) is 5.26. The lowest BCUT2D eigenvalue weighted by molar-refractivity contribution is 0.331. The Bertz CT molecular complexity index is 657. The van der Waals surface area contributed by atoms with Gasteiger partial charge in [-0.2, -0.15) is 5.26 Å². The quantitative estimate of drug-likeness (QED) is 0.815. The van der Waals surface area contributed by atoms with Gasteiger partial charge in [0.1, 0.15) is 0 Å². The largest absolute Gasteiger partial charge is 0.309 e. The van der Waals surface area contributed by atoms with Crippen LogP contribution in [-0.2, 0) is 19.6 Å². The Morgan fingerprint density at radius 1 is 0.800 bits per heavy atom. The van der Waals surface area contributed by atoms with Gasteiger partial charge in [0.25, 0.3) is 0 Å². The van der Waals surface area contributed by atoms with Gasteiger partial charge in [-0.3, -0.25) is 4.90 Å². The van der Waals surface area contributed by atoms with E-state index in [0.717, 1.165) is 19.6 Å². The Labute approximate surface area is 162 Å². The number of halogens is 2. The second-order valence-electron chi connectivity index (χ2n) is 6.21. The molecule has 2 aromatic rings. The van der Waals surface area contributed by atoms with Gasteiger partial charge in [0, 0.05) is 19.6 Å². The molecule has 1 aliphatic heterocycles. The third-order valence-corrected chi connectivity index (χ3v) is 4.37. The summed E-state index contributed by atoms with van der Waals surface area (Å²) >= 11 is 0. The number of likely N-dealkylation sites (tertiary alicyclic amines) is 1. The van der Waals surface area contributed by atoms with Crippen molar-refractivity contribution in [2.24, 2.45) is 0 Å². The van der Waals surface area contributed by atoms with Crippen molar-refractivity contribution in [3.05, 3.63) is 70.8 Å². The van der Waals surface area contributed by atoms with E-state index in [1.165, 1.54) is 42.6 Å². The lowest BCUT2D eigenvalue weighted by atomic mass is 10.1. The van der Waals surface area contributed by atoms with E-state index in [9.17, 15) is 0 Å². The van der Waals surface area contributed by atoms with Crippen LogP contribution < -0.4 is 5.32 Å². The van der Waals surface area contributed by atoms with Gasteiger partial charge in [-0.1, -0.05) is 36.4 Å². The van der Waals surface area contributed by atoms with Crippen LogP contribution in [0, 0.1) is 11.3 Å². The number of hydrogen-bond donors (Lipinski definition) is 1. The Morgan fingerprint density at radius 2 is 1.28 bits per heavy atom. The highest BCUT2D eigenvalue weighted by Gasteiger charge is 2.11. The molecule has 3 rings (SSSR count). The fourth-order valence-corrected chi connectivity index (χ4v) is 3.01. The first-order valence-corrected chi connectivity index (χ1v) is 8.33. The van der Waals surface area contributed by atoms with Crippen molar-refractivity contribution < 1.29 is 0 Å². The molecule has 0 amide bonds. The van der Waals surface area contributed by atoms with Gasteiger partial charge in [-0.25, -0.2) is 0 Å². The van der Waals surface area contributed by atoms with E-state index in [1.807, 2.05) is 24.3 Å². The molecule has 0 radical (unpaired) electrons. The van der Waals surface area contributed by atoms with Gasteiger partial charge in [0.15, 0.2) is 0 Å². The lowest BCUT2D eigenvalue weighted by Gasteiger charge is -2.14. The average Bonchev–Trinajstić information content (AvgIpc) is 3.10. The van der Waals surface area contributed by atoms with Gasteiger partial charge in [-0.05, 0) is 54.8 Å². The maximum Gasteiger partial charge on any atom is 0.0991 e. The van der Waals surface area contributed by atoms with E-state index < -0.39 is 0 Å². The molecular weight excluding hydrogens is 353 g/mol. The first-order valence-electron chi connectivity index (χ1n) is 8.33. The standard InChI is InChI=1S/C20H23N3.2ClH/c21-13-17-3-5-18(6-4-17)14-22-15-19-7-9-20(10-8-19)16-23-11-1-2-12-23;;/h3-10,22H,1-2,11-12,14-16H2;2*1H. The summed E-state index contributed by atoms with van der Waals surface area (Å²) in [7, 11) is 0. The first kappa shape index (κ1) is 21.5. The van der Waals surface area contributed by atoms with Crippen LogP contribution in [-0.4, -0.2) is 18.0 Å². The summed E-state index contributed by atoms with van der Waals surface area (Å²) in [4.78, 5) is 2.53. The van der Waals surface area contributed by atoms with E-state index >= 15 is 0 Å². The molecule has 1 N–H and O–H groups in total. The van der Waals surface area contributed by atoms with Crippen LogP contribution in [0.2, 0.25) is 0 Å². The minimum Gasteiger partial charge on any atom is -0.309 e. The molecule has 5 heteroatoms. The lowest BCUT2D eigenvalue weighted by Crippen LogP contribution is -2.18. The summed E-state index contributed by atoms with van der Waals surface area (Å²) < 4.78 is 0. The topological polar surface area (TPSA) is 39.1 Å².